The summed E-state index contributed by atoms with van der Waals surface area (Å²) in [4.78, 5) is 32.2. The summed E-state index contributed by atoms with van der Waals surface area (Å²) in [7, 11) is 0. The zero-order valence-corrected chi connectivity index (χ0v) is 39.9. The highest BCUT2D eigenvalue weighted by Gasteiger charge is 2.50. The minimum absolute atomic E-state index is 0.00662. The Morgan fingerprint density at radius 2 is 1.58 bits per heavy atom. The van der Waals surface area contributed by atoms with Crippen LogP contribution < -0.4 is 14.9 Å². The van der Waals surface area contributed by atoms with Gasteiger partial charge < -0.3 is 20.8 Å². The second kappa shape index (κ2) is 21.8. The van der Waals surface area contributed by atoms with Crippen LogP contribution in [0.1, 0.15) is 74.1 Å². The van der Waals surface area contributed by atoms with Gasteiger partial charge in [-0.2, -0.15) is 45.3 Å². The maximum Gasteiger partial charge on any atom is 0.435 e. The van der Waals surface area contributed by atoms with Gasteiger partial charge in [0.05, 0.1) is 51.7 Å². The van der Waals surface area contributed by atoms with Crippen LogP contribution >= 0.6 is 35.3 Å². The lowest BCUT2D eigenvalue weighted by molar-refractivity contribution is -0.142. The number of fused-ring (bicyclic) bond motifs is 2. The first kappa shape index (κ1) is 54.7. The van der Waals surface area contributed by atoms with Crippen LogP contribution in [0, 0.1) is 23.5 Å². The average molecular weight is 1040 g/mol. The van der Waals surface area contributed by atoms with Crippen molar-refractivity contribution in [2.24, 2.45) is 0 Å². The van der Waals surface area contributed by atoms with Gasteiger partial charge in [0.25, 0.3) is 5.92 Å². The number of aliphatic hydroxyl groups is 2. The van der Waals surface area contributed by atoms with Gasteiger partial charge in [-0.25, -0.2) is 22.9 Å². The molecule has 374 valence electrons. The van der Waals surface area contributed by atoms with Crippen molar-refractivity contribution >= 4 is 64.0 Å². The quantitative estimate of drug-likeness (QED) is 0.0485. The van der Waals surface area contributed by atoms with Crippen molar-refractivity contribution in [2.45, 2.75) is 95.2 Å². The third-order valence-electron chi connectivity index (χ3n) is 10.4. The molecule has 3 amide bonds. The molecule has 12 nitrogen and oxygen atoms in total. The van der Waals surface area contributed by atoms with E-state index in [1.807, 2.05) is 13.8 Å². The number of alkyl halides is 8. The minimum Gasteiger partial charge on any atom is -0.394 e. The third kappa shape index (κ3) is 12.8. The molecule has 0 saturated carbocycles. The molecule has 0 spiro atoms. The van der Waals surface area contributed by atoms with E-state index in [0.717, 1.165) is 16.4 Å². The van der Waals surface area contributed by atoms with Gasteiger partial charge in [0.15, 0.2) is 11.5 Å². The van der Waals surface area contributed by atoms with Gasteiger partial charge >= 0.3 is 18.4 Å². The number of carbonyl (C=O) groups excluding carboxylic acids is 2. The lowest BCUT2D eigenvalue weighted by atomic mass is 9.93. The highest BCUT2D eigenvalue weighted by molar-refractivity contribution is 8.00. The van der Waals surface area contributed by atoms with E-state index in [1.165, 1.54) is 42.3 Å². The smallest absolute Gasteiger partial charge is 0.394 e. The number of carbonyl (C=O) groups is 2. The number of nitrogens with one attached hydrogen (secondary N) is 2. The Morgan fingerprint density at radius 1 is 0.942 bits per heavy atom. The fourth-order valence-electron chi connectivity index (χ4n) is 7.30. The monoisotopic (exact) mass is 1040 g/mol. The Labute approximate surface area is 402 Å². The summed E-state index contributed by atoms with van der Waals surface area (Å²) in [6.07, 6.45) is -9.19. The molecule has 0 fully saturated rings. The van der Waals surface area contributed by atoms with E-state index in [-0.39, 0.29) is 48.7 Å². The van der Waals surface area contributed by atoms with E-state index >= 15 is 8.78 Å². The van der Waals surface area contributed by atoms with Gasteiger partial charge in [-0.1, -0.05) is 37.4 Å². The van der Waals surface area contributed by atoms with Gasteiger partial charge in [-0.3, -0.25) is 14.2 Å². The predicted molar refractivity (Wildman–Crippen MR) is 243 cm³/mol. The molecule has 2 aromatic carbocycles. The molecule has 5 aromatic rings. The van der Waals surface area contributed by atoms with Crippen LogP contribution in [0.5, 0.6) is 0 Å². The molecule has 0 saturated heterocycles. The molecule has 1 unspecified atom stereocenters. The molecule has 0 radical (unpaired) electrons. The van der Waals surface area contributed by atoms with Crippen LogP contribution in [0.15, 0.2) is 42.5 Å². The number of hydrogen-bond acceptors (Lipinski definition) is 9. The van der Waals surface area contributed by atoms with Crippen LogP contribution in [0.3, 0.4) is 0 Å². The molecule has 0 aliphatic heterocycles. The summed E-state index contributed by atoms with van der Waals surface area (Å²) in [6, 6.07) is 3.81. The number of pyridine rings is 1. The Balaban J connectivity index is 0.00000438. The van der Waals surface area contributed by atoms with Crippen LogP contribution in [-0.2, 0) is 42.8 Å². The number of aromatic nitrogens is 5. The summed E-state index contributed by atoms with van der Waals surface area (Å²) >= 11 is 8.74. The number of anilines is 1. The summed E-state index contributed by atoms with van der Waals surface area (Å²) < 4.78 is 146. The first-order valence-electron chi connectivity index (χ1n) is 20.8. The fourth-order valence-corrected chi connectivity index (χ4v) is 8.21. The second-order valence-corrected chi connectivity index (χ2v) is 18.2. The van der Waals surface area contributed by atoms with Crippen molar-refractivity contribution in [1.82, 2.24) is 35.2 Å². The number of amides is 3. The number of thioether (sulfide) groups is 1. The lowest BCUT2D eigenvalue weighted by Gasteiger charge is -2.23. The number of nitrogens with zero attached hydrogens (tertiary/aromatic N) is 6. The molecule has 1 aliphatic carbocycles. The van der Waals surface area contributed by atoms with Gasteiger partial charge in [0, 0.05) is 35.4 Å². The maximum atomic E-state index is 15.1. The highest BCUT2D eigenvalue weighted by Crippen LogP contribution is 2.47. The van der Waals surface area contributed by atoms with Crippen LogP contribution in [0.4, 0.5) is 54.5 Å². The Morgan fingerprint density at radius 3 is 2.16 bits per heavy atom. The van der Waals surface area contributed by atoms with Crippen molar-refractivity contribution in [3.05, 3.63) is 93.0 Å². The van der Waals surface area contributed by atoms with Crippen LogP contribution in [0.2, 0.25) is 5.02 Å². The van der Waals surface area contributed by atoms with E-state index in [2.05, 4.69) is 37.7 Å². The number of aliphatic hydroxyl groups excluding tert-OH is 2. The van der Waals surface area contributed by atoms with Crippen molar-refractivity contribution in [3.63, 3.8) is 0 Å². The van der Waals surface area contributed by atoms with E-state index in [1.54, 1.807) is 20.1 Å². The Kier molecular flexibility index (Phi) is 17.3. The number of benzene rings is 2. The first-order valence-corrected chi connectivity index (χ1v) is 23.6. The molecular formula is C44H45ClF10N8O4S2. The van der Waals surface area contributed by atoms with E-state index in [9.17, 15) is 54.9 Å². The summed E-state index contributed by atoms with van der Waals surface area (Å²) in [5, 5.41) is 31.1. The molecule has 1 atom stereocenters. The largest absolute Gasteiger partial charge is 0.435 e. The highest BCUT2D eigenvalue weighted by atomic mass is 35.5. The number of halogens is 11. The van der Waals surface area contributed by atoms with Crippen molar-refractivity contribution < 1.29 is 63.7 Å². The first-order chi connectivity index (χ1) is 32.3. The average Bonchev–Trinajstić information content (AvgIpc) is 3.93. The fraction of sp³-hybridized carbons (Fsp3) is 0.432. The molecule has 0 bridgehead atoms. The van der Waals surface area contributed by atoms with Gasteiger partial charge in [-0.05, 0) is 86.7 Å². The van der Waals surface area contributed by atoms with Crippen molar-refractivity contribution in [3.8, 4) is 23.0 Å². The topological polar surface area (TPSA) is 150 Å². The molecule has 6 rings (SSSR count). The molecule has 25 heteroatoms. The number of hydrogen-bond donors (Lipinski definition) is 4. The maximum absolute atomic E-state index is 15.1. The van der Waals surface area contributed by atoms with E-state index in [4.69, 9.17) is 11.6 Å². The molecule has 1 aliphatic rings. The van der Waals surface area contributed by atoms with Crippen LogP contribution in [-0.4, -0.2) is 89.4 Å². The van der Waals surface area contributed by atoms with E-state index in [0.29, 0.717) is 22.7 Å². The summed E-state index contributed by atoms with van der Waals surface area (Å²) in [5.41, 5.74) is -4.44. The van der Waals surface area contributed by atoms with Gasteiger partial charge in [-0.15, -0.1) is 11.8 Å². The Hall–Kier alpha value is -5.22. The minimum atomic E-state index is -5.16. The predicted octanol–water partition coefficient (Wildman–Crippen LogP) is 9.61. The normalized spacial score (nSPS) is 13.9. The zero-order chi connectivity index (χ0) is 51.4. The molecular weight excluding hydrogens is 994 g/mol. The van der Waals surface area contributed by atoms with Crippen molar-refractivity contribution in [1.29, 1.82) is 0 Å². The van der Waals surface area contributed by atoms with Crippen molar-refractivity contribution in [2.75, 3.05) is 30.0 Å². The van der Waals surface area contributed by atoms with Gasteiger partial charge in [0.1, 0.15) is 36.1 Å². The number of rotatable bonds is 14. The second-order valence-electron chi connectivity index (χ2n) is 15.6. The third-order valence-corrected chi connectivity index (χ3v) is 12.5. The standard InChI is InChI=1S/C42H39ClF10N8O4S2.C2H6/c1-39(2,66-3)11-9-24-5-6-26(27-7-8-29(43)32-34(27)60(20-41(48,49)50)58-37(32)61(67-4)38(65)55-25(18-62)19-63)33(54-24)30(15-21-13-22(44)16-23(45)14-21)56-31(64)17-59-36-28(10-12-40(36,46)47)35(57-59)42(51,52)53;1-2/h5-8,13-14,16,25,30,62-63H,10,12,15,17-20H2,1-4H3,(H,55,65)(H,56,64);1-2H3. The molecule has 3 aromatic heterocycles. The lowest BCUT2D eigenvalue weighted by Crippen LogP contribution is -2.45. The molecule has 69 heavy (non-hydrogen) atoms. The van der Waals surface area contributed by atoms with Gasteiger partial charge in [0.2, 0.25) is 5.91 Å². The molecule has 3 heterocycles. The SMILES string of the molecule is CC.CSN(C(=O)NC(CO)CO)c1nn(CC(F)(F)F)c2c(-c3ccc(C#CC(C)(C)SC)nc3C(Cc3cc(F)cc(F)c3)NC(=O)Cn3nc(C(F)(F)F)c4c3C(F)(F)CC4)ccc(Cl)c12. The summed E-state index contributed by atoms with van der Waals surface area (Å²) in [5.74, 6) is -1.67. The Bertz CT molecular complexity index is 2730. The van der Waals surface area contributed by atoms with E-state index < -0.39 is 127 Å². The zero-order valence-electron chi connectivity index (χ0n) is 37.5. The number of urea groups is 1. The van der Waals surface area contributed by atoms with Crippen LogP contribution in [0.25, 0.3) is 22.0 Å². The molecule has 4 N–H and O–H groups in total. The summed E-state index contributed by atoms with van der Waals surface area (Å²) in [6.45, 7) is 3.16.